The molecule has 0 bridgehead atoms. The fourth-order valence-electron chi connectivity index (χ4n) is 2.03. The maximum absolute atomic E-state index is 11.3. The summed E-state index contributed by atoms with van der Waals surface area (Å²) in [5, 5.41) is 21.2. The summed E-state index contributed by atoms with van der Waals surface area (Å²) in [5.74, 6) is -0.379. The molecule has 1 aromatic carbocycles. The Labute approximate surface area is 135 Å². The van der Waals surface area contributed by atoms with Gasteiger partial charge >= 0.3 is 11.9 Å². The van der Waals surface area contributed by atoms with Crippen molar-refractivity contribution in [2.75, 3.05) is 0 Å². The van der Waals surface area contributed by atoms with Crippen LogP contribution in [0.5, 0.6) is 0 Å². The van der Waals surface area contributed by atoms with Crippen LogP contribution in [-0.4, -0.2) is 33.7 Å². The Bertz CT molecular complexity index is 621. The lowest BCUT2D eigenvalue weighted by molar-refractivity contribution is -0.141. The molecule has 6 heteroatoms. The zero-order chi connectivity index (χ0) is 17.5. The maximum atomic E-state index is 11.3. The van der Waals surface area contributed by atoms with Crippen LogP contribution in [-0.2, 0) is 16.1 Å². The van der Waals surface area contributed by atoms with Gasteiger partial charge in [-0.05, 0) is 12.0 Å². The van der Waals surface area contributed by atoms with E-state index in [0.717, 1.165) is 5.56 Å². The number of aliphatic carboxylic acids is 2. The van der Waals surface area contributed by atoms with Gasteiger partial charge in [-0.2, -0.15) is 0 Å². The molecular formula is C17H20N2O4. The van der Waals surface area contributed by atoms with Gasteiger partial charge in [0.25, 0.3) is 0 Å². The first kappa shape index (κ1) is 18.4. The molecule has 1 rings (SSSR count). The molecule has 0 aliphatic heterocycles. The van der Waals surface area contributed by atoms with Crippen LogP contribution in [0.15, 0.2) is 42.5 Å². The van der Waals surface area contributed by atoms with Crippen LogP contribution >= 0.6 is 0 Å². The number of carbonyl (C=O) groups is 2. The minimum absolute atomic E-state index is 0.0378. The van der Waals surface area contributed by atoms with E-state index in [0.29, 0.717) is 12.1 Å². The van der Waals surface area contributed by atoms with Crippen LogP contribution in [0.1, 0.15) is 18.4 Å². The molecule has 0 aliphatic rings. The van der Waals surface area contributed by atoms with Crippen LogP contribution in [0.4, 0.5) is 0 Å². The van der Waals surface area contributed by atoms with Crippen molar-refractivity contribution in [1.29, 1.82) is 0 Å². The number of carboxylic acids is 2. The van der Waals surface area contributed by atoms with Crippen LogP contribution in [0, 0.1) is 12.3 Å². The topological polar surface area (TPSA) is 113 Å². The number of terminal acetylenes is 1. The second-order valence-electron chi connectivity index (χ2n) is 5.31. The third-order valence-corrected chi connectivity index (χ3v) is 3.35. The van der Waals surface area contributed by atoms with Gasteiger partial charge in [0.2, 0.25) is 0 Å². The molecule has 0 aromatic heterocycles. The number of benzene rings is 1. The van der Waals surface area contributed by atoms with E-state index in [1.807, 2.05) is 36.3 Å². The molecule has 23 heavy (non-hydrogen) atoms. The molecule has 1 aromatic rings. The van der Waals surface area contributed by atoms with E-state index in [-0.39, 0.29) is 12.8 Å². The summed E-state index contributed by atoms with van der Waals surface area (Å²) >= 11 is 0. The molecule has 0 saturated carbocycles. The molecule has 0 amide bonds. The van der Waals surface area contributed by atoms with Crippen molar-refractivity contribution in [3.8, 4) is 12.3 Å². The van der Waals surface area contributed by atoms with Crippen molar-refractivity contribution in [2.45, 2.75) is 31.0 Å². The molecule has 6 nitrogen and oxygen atoms in total. The number of carboxylic acid groups (broad SMARTS) is 2. The summed E-state index contributed by atoms with van der Waals surface area (Å²) < 4.78 is 0. The molecule has 0 radical (unpaired) electrons. The lowest BCUT2D eigenvalue weighted by atomic mass is 9.90. The van der Waals surface area contributed by atoms with Gasteiger partial charge in [-0.1, -0.05) is 48.4 Å². The predicted molar refractivity (Wildman–Crippen MR) is 86.5 cm³/mol. The first-order valence-electron chi connectivity index (χ1n) is 6.95. The Hall–Kier alpha value is -2.62. The van der Waals surface area contributed by atoms with Gasteiger partial charge in [-0.15, -0.1) is 6.42 Å². The smallest absolute Gasteiger partial charge is 0.336 e. The van der Waals surface area contributed by atoms with Crippen molar-refractivity contribution in [1.82, 2.24) is 5.32 Å². The Morgan fingerprint density at radius 1 is 1.35 bits per heavy atom. The van der Waals surface area contributed by atoms with E-state index in [4.69, 9.17) is 17.3 Å². The fraction of sp³-hybridized carbons (Fsp3) is 0.294. The highest BCUT2D eigenvalue weighted by molar-refractivity contribution is 5.83. The third-order valence-electron chi connectivity index (χ3n) is 3.35. The van der Waals surface area contributed by atoms with Crippen LogP contribution < -0.4 is 11.1 Å². The number of nitrogens with one attached hydrogen (secondary N) is 1. The fourth-order valence-corrected chi connectivity index (χ4v) is 2.03. The Morgan fingerprint density at radius 3 is 2.43 bits per heavy atom. The monoisotopic (exact) mass is 316 g/mol. The van der Waals surface area contributed by atoms with Gasteiger partial charge in [0.15, 0.2) is 5.54 Å². The summed E-state index contributed by atoms with van der Waals surface area (Å²) in [5.41, 5.74) is 5.02. The molecule has 0 heterocycles. The molecule has 0 saturated heterocycles. The second-order valence-corrected chi connectivity index (χ2v) is 5.31. The average Bonchev–Trinajstić information content (AvgIpc) is 2.51. The van der Waals surface area contributed by atoms with E-state index < -0.39 is 23.5 Å². The highest BCUT2D eigenvalue weighted by atomic mass is 16.4. The standard InChI is InChI=1S/C17H20N2O4/c1-3-17(18,16(22)23)10-12(2)9-14(15(20)21)19-11-13-7-5-4-6-8-13/h1,4-8,14,19H,2,9-11,18H2,(H,20,21)(H,22,23). The molecule has 0 aliphatic carbocycles. The second kappa shape index (κ2) is 8.13. The maximum Gasteiger partial charge on any atom is 0.336 e. The van der Waals surface area contributed by atoms with E-state index in [2.05, 4.69) is 11.9 Å². The van der Waals surface area contributed by atoms with Crippen molar-refractivity contribution in [3.05, 3.63) is 48.0 Å². The first-order valence-corrected chi connectivity index (χ1v) is 6.95. The Morgan fingerprint density at radius 2 is 1.96 bits per heavy atom. The van der Waals surface area contributed by atoms with E-state index in [1.165, 1.54) is 0 Å². The van der Waals surface area contributed by atoms with E-state index in [1.54, 1.807) is 0 Å². The van der Waals surface area contributed by atoms with Gasteiger partial charge in [0.1, 0.15) is 6.04 Å². The first-order chi connectivity index (χ1) is 10.8. The summed E-state index contributed by atoms with van der Waals surface area (Å²) in [7, 11) is 0. The van der Waals surface area contributed by atoms with Crippen molar-refractivity contribution in [3.63, 3.8) is 0 Å². The van der Waals surface area contributed by atoms with Crippen molar-refractivity contribution < 1.29 is 19.8 Å². The Kier molecular flexibility index (Phi) is 6.51. The van der Waals surface area contributed by atoms with E-state index >= 15 is 0 Å². The molecule has 5 N–H and O–H groups in total. The van der Waals surface area contributed by atoms with Crippen molar-refractivity contribution in [2.24, 2.45) is 5.73 Å². The lowest BCUT2D eigenvalue weighted by Crippen LogP contribution is -2.47. The van der Waals surface area contributed by atoms with Gasteiger partial charge in [-0.3, -0.25) is 4.79 Å². The molecule has 0 spiro atoms. The molecule has 0 fully saturated rings. The van der Waals surface area contributed by atoms with Crippen LogP contribution in [0.25, 0.3) is 0 Å². The summed E-state index contributed by atoms with van der Waals surface area (Å²) in [6.07, 6.45) is 5.01. The summed E-state index contributed by atoms with van der Waals surface area (Å²) in [6.45, 7) is 4.07. The lowest BCUT2D eigenvalue weighted by Gasteiger charge is -2.22. The number of hydrogen-bond acceptors (Lipinski definition) is 4. The zero-order valence-corrected chi connectivity index (χ0v) is 12.7. The van der Waals surface area contributed by atoms with Gasteiger partial charge < -0.3 is 21.3 Å². The Balaban J connectivity index is 2.66. The summed E-state index contributed by atoms with van der Waals surface area (Å²) in [6, 6.07) is 8.41. The number of nitrogens with two attached hydrogens (primary N) is 1. The molecule has 2 atom stereocenters. The minimum atomic E-state index is -1.88. The van der Waals surface area contributed by atoms with Gasteiger partial charge in [-0.25, -0.2) is 4.79 Å². The van der Waals surface area contributed by atoms with Crippen LogP contribution in [0.3, 0.4) is 0 Å². The van der Waals surface area contributed by atoms with Crippen molar-refractivity contribution >= 4 is 11.9 Å². The zero-order valence-electron chi connectivity index (χ0n) is 12.7. The van der Waals surface area contributed by atoms with Gasteiger partial charge in [0, 0.05) is 13.0 Å². The number of hydrogen-bond donors (Lipinski definition) is 4. The third kappa shape index (κ3) is 5.58. The highest BCUT2D eigenvalue weighted by Gasteiger charge is 2.33. The average molecular weight is 316 g/mol. The predicted octanol–water partition coefficient (Wildman–Crippen LogP) is 0.981. The summed E-state index contributed by atoms with van der Waals surface area (Å²) in [4.78, 5) is 22.4. The minimum Gasteiger partial charge on any atom is -0.480 e. The SMILES string of the molecule is C#CC(N)(CC(=C)CC(NCc1ccccc1)C(=O)O)C(=O)O. The largest absolute Gasteiger partial charge is 0.480 e. The molecule has 2 unspecified atom stereocenters. The van der Waals surface area contributed by atoms with Gasteiger partial charge in [0.05, 0.1) is 0 Å². The highest BCUT2D eigenvalue weighted by Crippen LogP contribution is 2.17. The normalized spacial score (nSPS) is 14.3. The van der Waals surface area contributed by atoms with Crippen LogP contribution in [0.2, 0.25) is 0 Å². The number of rotatable bonds is 9. The molecule has 122 valence electrons. The quantitative estimate of drug-likeness (QED) is 0.399. The van der Waals surface area contributed by atoms with E-state index in [9.17, 15) is 14.7 Å². The molecular weight excluding hydrogens is 296 g/mol.